The summed E-state index contributed by atoms with van der Waals surface area (Å²) in [6.07, 6.45) is 0. The van der Waals surface area contributed by atoms with Gasteiger partial charge in [-0.2, -0.15) is 0 Å². The van der Waals surface area contributed by atoms with Crippen LogP contribution in [0.15, 0.2) is 28.3 Å². The normalized spacial score (nSPS) is 11.8. The van der Waals surface area contributed by atoms with Crippen LogP contribution in [0.25, 0.3) is 0 Å². The van der Waals surface area contributed by atoms with Crippen molar-refractivity contribution >= 4 is 11.8 Å². The molecule has 4 nitrogen and oxygen atoms in total. The van der Waals surface area contributed by atoms with Crippen LogP contribution in [0.1, 0.15) is 37.7 Å². The summed E-state index contributed by atoms with van der Waals surface area (Å²) in [5, 5.41) is 11.3. The zero-order valence-corrected chi connectivity index (χ0v) is 13.6. The molecule has 0 unspecified atom stereocenters. The zero-order valence-electron chi connectivity index (χ0n) is 12.7. The number of hydrogen-bond donors (Lipinski definition) is 2. The molecule has 0 aliphatic heterocycles. The van der Waals surface area contributed by atoms with Crippen molar-refractivity contribution in [3.63, 3.8) is 0 Å². The third kappa shape index (κ3) is 4.35. The Morgan fingerprint density at radius 3 is 2.55 bits per heavy atom. The van der Waals surface area contributed by atoms with E-state index in [1.807, 2.05) is 6.92 Å². The Balaban J connectivity index is 2.05. The Kier molecular flexibility index (Phi) is 4.50. The van der Waals surface area contributed by atoms with Crippen LogP contribution in [-0.2, 0) is 6.54 Å². The van der Waals surface area contributed by atoms with Gasteiger partial charge in [-0.25, -0.2) is 4.98 Å². The Hall–Kier alpha value is -1.33. The van der Waals surface area contributed by atoms with Crippen LogP contribution in [0.5, 0.6) is 0 Å². The molecule has 0 radical (unpaired) electrons. The predicted octanol–water partition coefficient (Wildman–Crippen LogP) is 3.46. The van der Waals surface area contributed by atoms with Gasteiger partial charge in [-0.05, 0) is 69.6 Å². The first-order valence-corrected chi connectivity index (χ1v) is 7.56. The van der Waals surface area contributed by atoms with E-state index in [1.165, 1.54) is 16.0 Å². The first-order valence-electron chi connectivity index (χ1n) is 6.75. The number of benzene rings is 1. The molecular weight excluding hydrogens is 268 g/mol. The minimum absolute atomic E-state index is 0.135. The van der Waals surface area contributed by atoms with Gasteiger partial charge in [0.05, 0.1) is 0 Å². The van der Waals surface area contributed by atoms with E-state index in [9.17, 15) is 0 Å². The molecule has 0 bridgehead atoms. The summed E-state index contributed by atoms with van der Waals surface area (Å²) in [6, 6.07) is 6.50. The molecule has 2 rings (SSSR count). The van der Waals surface area contributed by atoms with Crippen molar-refractivity contribution in [3.8, 4) is 0 Å². The van der Waals surface area contributed by atoms with Gasteiger partial charge in [0.25, 0.3) is 0 Å². The maximum atomic E-state index is 4.31. The van der Waals surface area contributed by atoms with E-state index >= 15 is 0 Å². The fourth-order valence-corrected chi connectivity index (χ4v) is 2.62. The molecule has 0 atom stereocenters. The highest BCUT2D eigenvalue weighted by Gasteiger charge is 2.10. The highest BCUT2D eigenvalue weighted by Crippen LogP contribution is 2.26. The van der Waals surface area contributed by atoms with Crippen molar-refractivity contribution in [1.29, 1.82) is 0 Å². The molecule has 1 heterocycles. The summed E-state index contributed by atoms with van der Waals surface area (Å²) in [6.45, 7) is 11.5. The lowest BCUT2D eigenvalue weighted by molar-refractivity contribution is 0.424. The number of aromatic nitrogens is 3. The smallest absolute Gasteiger partial charge is 0.213 e. The van der Waals surface area contributed by atoms with Crippen LogP contribution in [0.3, 0.4) is 0 Å². The largest absolute Gasteiger partial charge is 0.308 e. The fraction of sp³-hybridized carbons (Fsp3) is 0.467. The third-order valence-corrected chi connectivity index (χ3v) is 3.76. The van der Waals surface area contributed by atoms with E-state index < -0.39 is 0 Å². The van der Waals surface area contributed by atoms with Crippen LogP contribution in [0.2, 0.25) is 0 Å². The van der Waals surface area contributed by atoms with E-state index in [0.717, 1.165) is 17.5 Å². The summed E-state index contributed by atoms with van der Waals surface area (Å²) in [5.41, 5.74) is 2.76. The van der Waals surface area contributed by atoms with Gasteiger partial charge < -0.3 is 5.32 Å². The molecule has 0 aliphatic carbocycles. The Labute approximate surface area is 124 Å². The average molecular weight is 290 g/mol. The van der Waals surface area contributed by atoms with Gasteiger partial charge in [-0.15, -0.1) is 5.10 Å². The molecule has 0 spiro atoms. The Bertz CT molecular complexity index is 584. The summed E-state index contributed by atoms with van der Waals surface area (Å²) in [7, 11) is 0. The zero-order chi connectivity index (χ0) is 14.8. The molecule has 20 heavy (non-hydrogen) atoms. The van der Waals surface area contributed by atoms with Crippen LogP contribution < -0.4 is 5.32 Å². The quantitative estimate of drug-likeness (QED) is 0.905. The maximum Gasteiger partial charge on any atom is 0.213 e. The van der Waals surface area contributed by atoms with E-state index in [2.05, 4.69) is 66.4 Å². The van der Waals surface area contributed by atoms with Gasteiger partial charge in [0.1, 0.15) is 5.82 Å². The lowest BCUT2D eigenvalue weighted by atomic mass is 10.1. The van der Waals surface area contributed by atoms with Crippen LogP contribution in [0, 0.1) is 13.8 Å². The number of aromatic amines is 1. The first kappa shape index (κ1) is 15.1. The van der Waals surface area contributed by atoms with Gasteiger partial charge in [0.15, 0.2) is 0 Å². The number of hydrogen-bond acceptors (Lipinski definition) is 4. The topological polar surface area (TPSA) is 53.6 Å². The monoisotopic (exact) mass is 290 g/mol. The van der Waals surface area contributed by atoms with Gasteiger partial charge in [0, 0.05) is 17.0 Å². The average Bonchev–Trinajstić information content (AvgIpc) is 2.72. The number of aryl methyl sites for hydroxylation is 2. The molecule has 0 saturated carbocycles. The molecule has 1 aromatic heterocycles. The van der Waals surface area contributed by atoms with Crippen LogP contribution in [-0.4, -0.2) is 20.7 Å². The van der Waals surface area contributed by atoms with Gasteiger partial charge in [0.2, 0.25) is 5.16 Å². The SMILES string of the molecule is Cc1nc(Sc2ccc(CNC(C)(C)C)c(C)c2)n[nH]1. The molecule has 0 aliphatic rings. The molecule has 5 heteroatoms. The van der Waals surface area contributed by atoms with Crippen molar-refractivity contribution in [2.24, 2.45) is 0 Å². The van der Waals surface area contributed by atoms with Crippen molar-refractivity contribution in [2.45, 2.75) is 56.8 Å². The molecule has 1 aromatic carbocycles. The second kappa shape index (κ2) is 5.97. The Morgan fingerprint density at radius 2 is 2.00 bits per heavy atom. The van der Waals surface area contributed by atoms with Crippen LogP contribution >= 0.6 is 11.8 Å². The standard InChI is InChI=1S/C15H22N4S/c1-10-8-13(20-14-17-11(2)18-19-14)7-6-12(10)9-16-15(3,4)5/h6-8,16H,9H2,1-5H3,(H,17,18,19). The van der Waals surface area contributed by atoms with Crippen molar-refractivity contribution < 1.29 is 0 Å². The van der Waals surface area contributed by atoms with Crippen molar-refractivity contribution in [3.05, 3.63) is 35.2 Å². The van der Waals surface area contributed by atoms with E-state index in [1.54, 1.807) is 11.8 Å². The minimum atomic E-state index is 0.135. The van der Waals surface area contributed by atoms with E-state index in [4.69, 9.17) is 0 Å². The lowest BCUT2D eigenvalue weighted by Gasteiger charge is -2.21. The minimum Gasteiger partial charge on any atom is -0.308 e. The number of H-pyrrole nitrogens is 1. The highest BCUT2D eigenvalue weighted by molar-refractivity contribution is 7.99. The lowest BCUT2D eigenvalue weighted by Crippen LogP contribution is -2.35. The molecule has 0 amide bonds. The summed E-state index contributed by atoms with van der Waals surface area (Å²) < 4.78 is 0. The number of rotatable bonds is 4. The summed E-state index contributed by atoms with van der Waals surface area (Å²) >= 11 is 1.58. The first-order chi connectivity index (χ1) is 9.33. The molecule has 108 valence electrons. The van der Waals surface area contributed by atoms with Gasteiger partial charge in [-0.3, -0.25) is 5.10 Å². The van der Waals surface area contributed by atoms with Crippen molar-refractivity contribution in [1.82, 2.24) is 20.5 Å². The van der Waals surface area contributed by atoms with Gasteiger partial charge >= 0.3 is 0 Å². The second-order valence-corrected chi connectivity index (χ2v) is 7.04. The molecule has 2 aromatic rings. The van der Waals surface area contributed by atoms with Gasteiger partial charge in [-0.1, -0.05) is 6.07 Å². The molecular formula is C15H22N4S. The van der Waals surface area contributed by atoms with E-state index in [0.29, 0.717) is 0 Å². The molecule has 2 N–H and O–H groups in total. The predicted molar refractivity (Wildman–Crippen MR) is 83.0 cm³/mol. The third-order valence-electron chi connectivity index (χ3n) is 2.91. The Morgan fingerprint density at radius 1 is 1.25 bits per heavy atom. The maximum absolute atomic E-state index is 4.31. The molecule has 0 saturated heterocycles. The van der Waals surface area contributed by atoms with Crippen molar-refractivity contribution in [2.75, 3.05) is 0 Å². The highest BCUT2D eigenvalue weighted by atomic mass is 32.2. The van der Waals surface area contributed by atoms with E-state index in [-0.39, 0.29) is 5.54 Å². The summed E-state index contributed by atoms with van der Waals surface area (Å²) in [5.74, 6) is 0.843. The second-order valence-electron chi connectivity index (χ2n) is 6.00. The van der Waals surface area contributed by atoms with Crippen LogP contribution in [0.4, 0.5) is 0 Å². The number of nitrogens with zero attached hydrogens (tertiary/aromatic N) is 2. The summed E-state index contributed by atoms with van der Waals surface area (Å²) in [4.78, 5) is 5.48. The number of nitrogens with one attached hydrogen (secondary N) is 2. The fourth-order valence-electron chi connectivity index (χ4n) is 1.76. The molecule has 0 fully saturated rings.